The van der Waals surface area contributed by atoms with Crippen LogP contribution in [0.4, 0.5) is 4.79 Å². The largest absolute Gasteiger partial charge is 0.361 e. The van der Waals surface area contributed by atoms with Gasteiger partial charge in [0.05, 0.1) is 4.90 Å². The van der Waals surface area contributed by atoms with Gasteiger partial charge in [-0.2, -0.15) is 0 Å². The molecule has 38 heavy (non-hydrogen) atoms. The smallest absolute Gasteiger partial charge is 0.331 e. The van der Waals surface area contributed by atoms with Crippen LogP contribution >= 0.6 is 0 Å². The van der Waals surface area contributed by atoms with Crippen molar-refractivity contribution in [2.45, 2.75) is 24.8 Å². The number of amides is 3. The number of benzene rings is 3. The molecule has 10 heteroatoms. The summed E-state index contributed by atoms with van der Waals surface area (Å²) in [5.74, 6) is -0.649. The maximum Gasteiger partial charge on any atom is 0.331 e. The molecule has 0 unspecified atom stereocenters. The van der Waals surface area contributed by atoms with Crippen molar-refractivity contribution < 1.29 is 23.2 Å². The van der Waals surface area contributed by atoms with E-state index in [1.54, 1.807) is 36.4 Å². The lowest BCUT2D eigenvalue weighted by Crippen LogP contribution is -2.43. The first-order valence-corrected chi connectivity index (χ1v) is 13.4. The molecule has 0 saturated carbocycles. The van der Waals surface area contributed by atoms with Crippen LogP contribution < -0.4 is 10.2 Å². The topological polar surface area (TPSA) is 132 Å². The standard InChI is InChI=1S/C28H28N4O5S/c1-20-6-13-24(14-7-20)38(36,37)31-28(34)32(17-16-23-18-29-26-5-3-2-4-25(23)26)19-22-10-8-21(9-11-22)12-15-27(33)30-35/h2-15,18,29,35H,16-17,19H2,1H3,(H,30,33)(H,31,34)/b15-12+. The van der Waals surface area contributed by atoms with Crippen LogP contribution in [0, 0.1) is 6.92 Å². The summed E-state index contributed by atoms with van der Waals surface area (Å²) in [5, 5.41) is 9.66. The van der Waals surface area contributed by atoms with Crippen LogP contribution in [0.2, 0.25) is 0 Å². The molecule has 3 amide bonds. The molecule has 3 aromatic carbocycles. The molecule has 1 heterocycles. The van der Waals surface area contributed by atoms with E-state index in [4.69, 9.17) is 5.21 Å². The normalized spacial score (nSPS) is 11.5. The molecule has 196 valence electrons. The van der Waals surface area contributed by atoms with Crippen molar-refractivity contribution >= 4 is 38.9 Å². The van der Waals surface area contributed by atoms with Gasteiger partial charge in [-0.3, -0.25) is 10.0 Å². The number of carbonyl (C=O) groups excluding carboxylic acids is 2. The van der Waals surface area contributed by atoms with Gasteiger partial charge in [0.1, 0.15) is 0 Å². The molecule has 0 spiro atoms. The number of aromatic nitrogens is 1. The van der Waals surface area contributed by atoms with Crippen molar-refractivity contribution in [3.05, 3.63) is 107 Å². The first-order valence-electron chi connectivity index (χ1n) is 11.9. The molecule has 4 aromatic rings. The Hall–Kier alpha value is -4.41. The molecule has 0 saturated heterocycles. The van der Waals surface area contributed by atoms with Gasteiger partial charge in [-0.05, 0) is 54.3 Å². The number of rotatable bonds is 9. The summed E-state index contributed by atoms with van der Waals surface area (Å²) < 4.78 is 28.0. The van der Waals surface area contributed by atoms with Gasteiger partial charge in [0.2, 0.25) is 0 Å². The van der Waals surface area contributed by atoms with Crippen molar-refractivity contribution in [3.8, 4) is 0 Å². The summed E-state index contributed by atoms with van der Waals surface area (Å²) in [6.45, 7) is 2.29. The predicted molar refractivity (Wildman–Crippen MR) is 145 cm³/mol. The minimum absolute atomic E-state index is 0.0103. The second-order valence-corrected chi connectivity index (χ2v) is 10.5. The van der Waals surface area contributed by atoms with E-state index >= 15 is 0 Å². The van der Waals surface area contributed by atoms with Gasteiger partial charge in [0.25, 0.3) is 15.9 Å². The number of nitrogens with zero attached hydrogens (tertiary/aromatic N) is 1. The zero-order valence-corrected chi connectivity index (χ0v) is 21.5. The Kier molecular flexibility index (Phi) is 8.25. The lowest BCUT2D eigenvalue weighted by Gasteiger charge is -2.23. The average molecular weight is 533 g/mol. The highest BCUT2D eigenvalue weighted by Gasteiger charge is 2.22. The first kappa shape index (κ1) is 26.6. The monoisotopic (exact) mass is 532 g/mol. The van der Waals surface area contributed by atoms with Crippen molar-refractivity contribution in [2.24, 2.45) is 0 Å². The Morgan fingerprint density at radius 3 is 2.42 bits per heavy atom. The number of fused-ring (bicyclic) bond motifs is 1. The summed E-state index contributed by atoms with van der Waals surface area (Å²) in [6.07, 6.45) is 5.13. The summed E-state index contributed by atoms with van der Waals surface area (Å²) in [5.41, 5.74) is 5.93. The SMILES string of the molecule is Cc1ccc(S(=O)(=O)NC(=O)N(CCc2c[nH]c3ccccc23)Cc2ccc(/C=C/C(=O)NO)cc2)cc1. The van der Waals surface area contributed by atoms with E-state index < -0.39 is 22.0 Å². The lowest BCUT2D eigenvalue weighted by atomic mass is 10.1. The summed E-state index contributed by atoms with van der Waals surface area (Å²) in [6, 6.07) is 20.5. The highest BCUT2D eigenvalue weighted by molar-refractivity contribution is 7.90. The van der Waals surface area contributed by atoms with Gasteiger partial charge in [0.15, 0.2) is 0 Å². The summed E-state index contributed by atoms with van der Waals surface area (Å²) in [7, 11) is -4.06. The first-order chi connectivity index (χ1) is 18.2. The number of aryl methyl sites for hydroxylation is 1. The van der Waals surface area contributed by atoms with Crippen LogP contribution in [0.1, 0.15) is 22.3 Å². The van der Waals surface area contributed by atoms with E-state index in [2.05, 4.69) is 9.71 Å². The Labute approximate surface area is 220 Å². The van der Waals surface area contributed by atoms with Crippen LogP contribution in [0.3, 0.4) is 0 Å². The highest BCUT2D eigenvalue weighted by Crippen LogP contribution is 2.19. The third-order valence-electron chi connectivity index (χ3n) is 6.06. The fraction of sp³-hybridized carbons (Fsp3) is 0.143. The van der Waals surface area contributed by atoms with Crippen molar-refractivity contribution in [1.29, 1.82) is 0 Å². The van der Waals surface area contributed by atoms with Gasteiger partial charge < -0.3 is 9.88 Å². The Balaban J connectivity index is 1.53. The maximum absolute atomic E-state index is 13.3. The van der Waals surface area contributed by atoms with Gasteiger partial charge >= 0.3 is 6.03 Å². The zero-order chi connectivity index (χ0) is 27.1. The molecule has 0 aliphatic carbocycles. The fourth-order valence-corrected chi connectivity index (χ4v) is 4.94. The molecule has 0 fully saturated rings. The zero-order valence-electron chi connectivity index (χ0n) is 20.7. The highest BCUT2D eigenvalue weighted by atomic mass is 32.2. The molecule has 4 N–H and O–H groups in total. The number of sulfonamides is 1. The number of aromatic amines is 1. The number of nitrogens with one attached hydrogen (secondary N) is 3. The predicted octanol–water partition coefficient (Wildman–Crippen LogP) is 4.14. The van der Waals surface area contributed by atoms with E-state index in [-0.39, 0.29) is 18.0 Å². The van der Waals surface area contributed by atoms with Crippen molar-refractivity contribution in [2.75, 3.05) is 6.54 Å². The van der Waals surface area contributed by atoms with Crippen molar-refractivity contribution in [3.63, 3.8) is 0 Å². The van der Waals surface area contributed by atoms with Crippen LogP contribution in [0.25, 0.3) is 17.0 Å². The molecular formula is C28H28N4O5S. The minimum atomic E-state index is -4.06. The Morgan fingerprint density at radius 2 is 1.71 bits per heavy atom. The third-order valence-corrected chi connectivity index (χ3v) is 7.39. The van der Waals surface area contributed by atoms with E-state index in [1.807, 2.05) is 37.4 Å². The number of hydroxylamine groups is 1. The summed E-state index contributed by atoms with van der Waals surface area (Å²) in [4.78, 5) is 29.1. The molecular weight excluding hydrogens is 504 g/mol. The second-order valence-electron chi connectivity index (χ2n) is 8.81. The molecule has 0 aliphatic rings. The maximum atomic E-state index is 13.3. The molecule has 0 radical (unpaired) electrons. The number of urea groups is 1. The van der Waals surface area contributed by atoms with Crippen LogP contribution in [0.5, 0.6) is 0 Å². The van der Waals surface area contributed by atoms with Crippen LogP contribution in [-0.4, -0.2) is 42.0 Å². The number of para-hydroxylation sites is 1. The van der Waals surface area contributed by atoms with Gasteiger partial charge in [-0.1, -0.05) is 60.2 Å². The van der Waals surface area contributed by atoms with Gasteiger partial charge in [0, 0.05) is 36.3 Å². The number of hydrogen-bond acceptors (Lipinski definition) is 5. The molecule has 9 nitrogen and oxygen atoms in total. The van der Waals surface area contributed by atoms with Gasteiger partial charge in [-0.25, -0.2) is 23.4 Å². The number of carbonyl (C=O) groups is 2. The summed E-state index contributed by atoms with van der Waals surface area (Å²) >= 11 is 0. The van der Waals surface area contributed by atoms with Crippen LogP contribution in [-0.2, 0) is 27.8 Å². The molecule has 1 aromatic heterocycles. The molecule has 0 bridgehead atoms. The van der Waals surface area contributed by atoms with Crippen LogP contribution in [0.15, 0.2) is 90.0 Å². The van der Waals surface area contributed by atoms with E-state index in [9.17, 15) is 18.0 Å². The number of H-pyrrole nitrogens is 1. The second kappa shape index (κ2) is 11.8. The van der Waals surface area contributed by atoms with Gasteiger partial charge in [-0.15, -0.1) is 0 Å². The van der Waals surface area contributed by atoms with E-state index in [1.165, 1.54) is 34.7 Å². The Bertz CT molecular complexity index is 1560. The number of hydrogen-bond donors (Lipinski definition) is 4. The Morgan fingerprint density at radius 1 is 1.00 bits per heavy atom. The quantitative estimate of drug-likeness (QED) is 0.146. The minimum Gasteiger partial charge on any atom is -0.361 e. The molecule has 0 atom stereocenters. The lowest BCUT2D eigenvalue weighted by molar-refractivity contribution is -0.124. The van der Waals surface area contributed by atoms with E-state index in [0.29, 0.717) is 12.0 Å². The molecule has 0 aliphatic heterocycles. The molecule has 4 rings (SSSR count). The van der Waals surface area contributed by atoms with Crippen molar-refractivity contribution in [1.82, 2.24) is 20.1 Å². The fourth-order valence-electron chi connectivity index (χ4n) is 3.97. The van der Waals surface area contributed by atoms with E-state index in [0.717, 1.165) is 27.6 Å². The third kappa shape index (κ3) is 6.67. The average Bonchev–Trinajstić information content (AvgIpc) is 3.33.